The summed E-state index contributed by atoms with van der Waals surface area (Å²) in [6, 6.07) is 10.7. The molecule has 0 bridgehead atoms. The number of rotatable bonds is 3. The largest absolute Gasteiger partial charge is 0.265 e. The van der Waals surface area contributed by atoms with Crippen LogP contribution in [0.5, 0.6) is 0 Å². The van der Waals surface area contributed by atoms with E-state index in [1.54, 1.807) is 24.3 Å². The van der Waals surface area contributed by atoms with Gasteiger partial charge in [0.15, 0.2) is 6.61 Å². The summed E-state index contributed by atoms with van der Waals surface area (Å²) < 4.78 is 0. The maximum Gasteiger partial charge on any atom is 0.161 e. The summed E-state index contributed by atoms with van der Waals surface area (Å²) in [5.41, 5.74) is 3.58. The molecule has 64 valence electrons. The highest BCUT2D eigenvalue weighted by atomic mass is 16.6. The molecule has 0 fully saturated rings. The van der Waals surface area contributed by atoms with E-state index in [2.05, 4.69) is 5.48 Å². The van der Waals surface area contributed by atoms with Crippen LogP contribution in [-0.4, -0.2) is 6.61 Å². The van der Waals surface area contributed by atoms with Gasteiger partial charge in [0.05, 0.1) is 17.3 Å². The summed E-state index contributed by atoms with van der Waals surface area (Å²) in [5, 5.41) is 16.9. The number of para-hydroxylation sites is 1. The van der Waals surface area contributed by atoms with Crippen molar-refractivity contribution in [3.63, 3.8) is 0 Å². The zero-order valence-corrected chi connectivity index (χ0v) is 6.82. The van der Waals surface area contributed by atoms with Crippen LogP contribution in [0, 0.1) is 22.7 Å². The maximum absolute atomic E-state index is 8.66. The van der Waals surface area contributed by atoms with Gasteiger partial charge in [-0.2, -0.15) is 10.5 Å². The molecule has 1 N–H and O–H groups in total. The maximum atomic E-state index is 8.66. The van der Waals surface area contributed by atoms with Crippen molar-refractivity contribution in [3.05, 3.63) is 29.8 Å². The second-order valence-corrected chi connectivity index (χ2v) is 2.21. The van der Waals surface area contributed by atoms with Crippen molar-refractivity contribution in [2.75, 3.05) is 12.1 Å². The Kier molecular flexibility index (Phi) is 3.31. The van der Waals surface area contributed by atoms with Crippen LogP contribution in [0.2, 0.25) is 0 Å². The fourth-order valence-electron chi connectivity index (χ4n) is 0.816. The number of nitriles is 2. The molecule has 0 saturated heterocycles. The Morgan fingerprint density at radius 2 is 2.08 bits per heavy atom. The van der Waals surface area contributed by atoms with E-state index in [-0.39, 0.29) is 6.61 Å². The first-order valence-electron chi connectivity index (χ1n) is 3.62. The lowest BCUT2D eigenvalue weighted by molar-refractivity contribution is 0.232. The summed E-state index contributed by atoms with van der Waals surface area (Å²) in [7, 11) is 0. The minimum atomic E-state index is -0.0558. The molecule has 13 heavy (non-hydrogen) atoms. The standard InChI is InChI=1S/C9H7N3O/c10-5-6-13-12-9-4-2-1-3-8(9)7-11/h1-4,12H,6H2. The molecule has 4 nitrogen and oxygen atoms in total. The Bertz CT molecular complexity index is 362. The molecule has 4 heteroatoms. The Morgan fingerprint density at radius 1 is 1.31 bits per heavy atom. The number of benzene rings is 1. The lowest BCUT2D eigenvalue weighted by Crippen LogP contribution is -2.02. The average molecular weight is 173 g/mol. The van der Waals surface area contributed by atoms with Crippen LogP contribution in [0.3, 0.4) is 0 Å². The molecule has 0 aliphatic rings. The fraction of sp³-hybridized carbons (Fsp3) is 0.111. The van der Waals surface area contributed by atoms with Crippen molar-refractivity contribution in [2.45, 2.75) is 0 Å². The molecule has 0 saturated carbocycles. The summed E-state index contributed by atoms with van der Waals surface area (Å²) in [5.74, 6) is 0. The van der Waals surface area contributed by atoms with Gasteiger partial charge in [-0.3, -0.25) is 10.3 Å². The third-order valence-electron chi connectivity index (χ3n) is 1.37. The molecular formula is C9H7N3O. The van der Waals surface area contributed by atoms with E-state index in [0.717, 1.165) is 0 Å². The molecule has 0 atom stereocenters. The second-order valence-electron chi connectivity index (χ2n) is 2.21. The smallest absolute Gasteiger partial charge is 0.161 e. The van der Waals surface area contributed by atoms with Crippen molar-refractivity contribution >= 4 is 5.69 Å². The fourth-order valence-corrected chi connectivity index (χ4v) is 0.816. The quantitative estimate of drug-likeness (QED) is 0.554. The number of hydrogen-bond donors (Lipinski definition) is 1. The lowest BCUT2D eigenvalue weighted by atomic mass is 10.2. The van der Waals surface area contributed by atoms with Crippen molar-refractivity contribution in [2.24, 2.45) is 0 Å². The highest BCUT2D eigenvalue weighted by Crippen LogP contribution is 2.12. The van der Waals surface area contributed by atoms with E-state index in [9.17, 15) is 0 Å². The van der Waals surface area contributed by atoms with Crippen LogP contribution in [0.25, 0.3) is 0 Å². The van der Waals surface area contributed by atoms with Crippen molar-refractivity contribution in [1.82, 2.24) is 0 Å². The number of nitrogens with zero attached hydrogens (tertiary/aromatic N) is 2. The van der Waals surface area contributed by atoms with E-state index < -0.39 is 0 Å². The Balaban J connectivity index is 2.67. The van der Waals surface area contributed by atoms with E-state index in [1.807, 2.05) is 12.1 Å². The van der Waals surface area contributed by atoms with Gasteiger partial charge < -0.3 is 0 Å². The first-order chi connectivity index (χ1) is 6.38. The SMILES string of the molecule is N#CCONc1ccccc1C#N. The number of nitrogens with one attached hydrogen (secondary N) is 1. The molecule has 1 rings (SSSR count). The minimum absolute atomic E-state index is 0.0558. The molecule has 0 aliphatic heterocycles. The van der Waals surface area contributed by atoms with E-state index in [0.29, 0.717) is 11.3 Å². The van der Waals surface area contributed by atoms with Gasteiger partial charge in [-0.15, -0.1) is 0 Å². The molecular weight excluding hydrogens is 166 g/mol. The summed E-state index contributed by atoms with van der Waals surface area (Å²) in [4.78, 5) is 4.75. The predicted molar refractivity (Wildman–Crippen MR) is 46.3 cm³/mol. The summed E-state index contributed by atoms with van der Waals surface area (Å²) in [6.45, 7) is -0.0558. The molecule has 0 aliphatic carbocycles. The van der Waals surface area contributed by atoms with Gasteiger partial charge in [0.2, 0.25) is 0 Å². The van der Waals surface area contributed by atoms with Crippen LogP contribution >= 0.6 is 0 Å². The van der Waals surface area contributed by atoms with E-state index in [1.165, 1.54) is 0 Å². The Hall–Kier alpha value is -2.04. The topological polar surface area (TPSA) is 68.8 Å². The molecule has 0 radical (unpaired) electrons. The van der Waals surface area contributed by atoms with Crippen LogP contribution in [0.4, 0.5) is 5.69 Å². The van der Waals surface area contributed by atoms with E-state index >= 15 is 0 Å². The van der Waals surface area contributed by atoms with Crippen LogP contribution in [-0.2, 0) is 4.84 Å². The van der Waals surface area contributed by atoms with E-state index in [4.69, 9.17) is 15.4 Å². The van der Waals surface area contributed by atoms with Crippen molar-refractivity contribution in [3.8, 4) is 12.1 Å². The lowest BCUT2D eigenvalue weighted by Gasteiger charge is -2.04. The van der Waals surface area contributed by atoms with Gasteiger partial charge in [0.1, 0.15) is 6.07 Å². The summed E-state index contributed by atoms with van der Waals surface area (Å²) >= 11 is 0. The van der Waals surface area contributed by atoms with Gasteiger partial charge in [0, 0.05) is 0 Å². The zero-order chi connectivity index (χ0) is 9.52. The molecule has 0 spiro atoms. The molecule has 0 amide bonds. The average Bonchev–Trinajstić information content (AvgIpc) is 2.19. The monoisotopic (exact) mass is 173 g/mol. The molecule has 1 aromatic rings. The zero-order valence-electron chi connectivity index (χ0n) is 6.82. The van der Waals surface area contributed by atoms with Crippen molar-refractivity contribution < 1.29 is 4.84 Å². The second kappa shape index (κ2) is 4.76. The molecule has 1 aromatic carbocycles. The van der Waals surface area contributed by atoms with Crippen LogP contribution in [0.1, 0.15) is 5.56 Å². The Labute approximate surface area is 75.9 Å². The number of hydrogen-bond acceptors (Lipinski definition) is 4. The molecule has 0 aromatic heterocycles. The first-order valence-corrected chi connectivity index (χ1v) is 3.62. The van der Waals surface area contributed by atoms with Gasteiger partial charge in [-0.1, -0.05) is 12.1 Å². The third-order valence-corrected chi connectivity index (χ3v) is 1.37. The normalized spacial score (nSPS) is 8.46. The minimum Gasteiger partial charge on any atom is -0.265 e. The van der Waals surface area contributed by atoms with Gasteiger partial charge in [0.25, 0.3) is 0 Å². The Morgan fingerprint density at radius 3 is 2.77 bits per heavy atom. The van der Waals surface area contributed by atoms with Crippen LogP contribution < -0.4 is 5.48 Å². The first kappa shape index (κ1) is 9.05. The summed E-state index contributed by atoms with van der Waals surface area (Å²) in [6.07, 6.45) is 0. The third kappa shape index (κ3) is 2.48. The van der Waals surface area contributed by atoms with Crippen molar-refractivity contribution in [1.29, 1.82) is 10.5 Å². The highest BCUT2D eigenvalue weighted by molar-refractivity contribution is 5.55. The highest BCUT2D eigenvalue weighted by Gasteiger charge is 1.98. The van der Waals surface area contributed by atoms with Crippen LogP contribution in [0.15, 0.2) is 24.3 Å². The molecule has 0 unspecified atom stereocenters. The number of anilines is 1. The van der Waals surface area contributed by atoms with Gasteiger partial charge in [-0.05, 0) is 12.1 Å². The molecule has 0 heterocycles. The van der Waals surface area contributed by atoms with Gasteiger partial charge >= 0.3 is 0 Å². The predicted octanol–water partition coefficient (Wildman–Crippen LogP) is 1.43. The van der Waals surface area contributed by atoms with Gasteiger partial charge in [-0.25, -0.2) is 0 Å².